The molecular formula is C15H19N5O. The number of aromatic nitrogens is 3. The molecule has 0 atom stereocenters. The van der Waals surface area contributed by atoms with Crippen LogP contribution < -0.4 is 15.0 Å². The number of benzene rings is 1. The minimum Gasteiger partial charge on any atom is -0.464 e. The molecule has 2 heterocycles. The first-order valence-corrected chi connectivity index (χ1v) is 7.30. The van der Waals surface area contributed by atoms with Gasteiger partial charge in [-0.05, 0) is 31.9 Å². The van der Waals surface area contributed by atoms with Crippen LogP contribution in [0.25, 0.3) is 0 Å². The molecule has 6 nitrogen and oxygen atoms in total. The van der Waals surface area contributed by atoms with E-state index in [2.05, 4.69) is 43.4 Å². The molecule has 2 aromatic rings. The zero-order chi connectivity index (χ0) is 14.7. The maximum absolute atomic E-state index is 5.45. The summed E-state index contributed by atoms with van der Waals surface area (Å²) < 4.78 is 5.45. The Morgan fingerprint density at radius 1 is 1.19 bits per heavy atom. The summed E-state index contributed by atoms with van der Waals surface area (Å²) in [4.78, 5) is 15.3. The number of ether oxygens (including phenoxy) is 1. The molecular weight excluding hydrogens is 266 g/mol. The number of hydrogen-bond donors (Lipinski definition) is 1. The summed E-state index contributed by atoms with van der Waals surface area (Å²) in [6, 6.07) is 8.70. The topological polar surface area (TPSA) is 63.2 Å². The second-order valence-electron chi connectivity index (χ2n) is 4.74. The molecule has 0 radical (unpaired) electrons. The minimum absolute atomic E-state index is 0.364. The number of nitrogens with zero attached hydrogens (tertiary/aromatic N) is 4. The van der Waals surface area contributed by atoms with Crippen molar-refractivity contribution in [1.29, 1.82) is 0 Å². The first-order chi connectivity index (χ1) is 10.3. The number of rotatable bonds is 5. The lowest BCUT2D eigenvalue weighted by atomic mass is 10.2. The van der Waals surface area contributed by atoms with Gasteiger partial charge in [-0.2, -0.15) is 15.0 Å². The van der Waals surface area contributed by atoms with Crippen molar-refractivity contribution < 1.29 is 4.74 Å². The van der Waals surface area contributed by atoms with Crippen LogP contribution >= 0.6 is 0 Å². The molecule has 0 bridgehead atoms. The average molecular weight is 285 g/mol. The monoisotopic (exact) mass is 285 g/mol. The highest BCUT2D eigenvalue weighted by atomic mass is 16.5. The van der Waals surface area contributed by atoms with Crippen molar-refractivity contribution in [3.05, 3.63) is 29.8 Å². The minimum atomic E-state index is 0.364. The predicted molar refractivity (Wildman–Crippen MR) is 82.3 cm³/mol. The molecule has 0 amide bonds. The molecule has 0 spiro atoms. The van der Waals surface area contributed by atoms with E-state index in [-0.39, 0.29) is 0 Å². The Balaban J connectivity index is 1.98. The maximum atomic E-state index is 5.45. The van der Waals surface area contributed by atoms with Crippen molar-refractivity contribution in [2.45, 2.75) is 20.3 Å². The van der Waals surface area contributed by atoms with Gasteiger partial charge in [-0.15, -0.1) is 0 Å². The number of hydrogen-bond acceptors (Lipinski definition) is 6. The number of anilines is 3. The van der Waals surface area contributed by atoms with Crippen LogP contribution in [-0.4, -0.2) is 34.6 Å². The SMILES string of the molecule is CCNc1nc(OCC)nc(N2CCc3ccccc32)n1. The highest BCUT2D eigenvalue weighted by molar-refractivity contribution is 5.66. The van der Waals surface area contributed by atoms with Crippen molar-refractivity contribution in [2.24, 2.45) is 0 Å². The Kier molecular flexibility index (Phi) is 3.85. The van der Waals surface area contributed by atoms with Crippen LogP contribution in [0.2, 0.25) is 0 Å². The van der Waals surface area contributed by atoms with Gasteiger partial charge in [0.2, 0.25) is 11.9 Å². The molecule has 110 valence electrons. The summed E-state index contributed by atoms with van der Waals surface area (Å²) in [6.07, 6.45) is 1.00. The molecule has 1 aromatic heterocycles. The molecule has 1 N–H and O–H groups in total. The summed E-state index contributed by atoms with van der Waals surface area (Å²) in [5.74, 6) is 1.18. The van der Waals surface area contributed by atoms with Crippen molar-refractivity contribution >= 4 is 17.6 Å². The third kappa shape index (κ3) is 2.74. The lowest BCUT2D eigenvalue weighted by Crippen LogP contribution is -2.18. The fourth-order valence-electron chi connectivity index (χ4n) is 2.44. The van der Waals surface area contributed by atoms with Gasteiger partial charge in [0.25, 0.3) is 0 Å². The summed E-state index contributed by atoms with van der Waals surface area (Å²) in [7, 11) is 0. The quantitative estimate of drug-likeness (QED) is 0.910. The number of para-hydroxylation sites is 1. The van der Waals surface area contributed by atoms with Crippen LogP contribution in [0.3, 0.4) is 0 Å². The van der Waals surface area contributed by atoms with Gasteiger partial charge in [-0.3, -0.25) is 0 Å². The van der Waals surface area contributed by atoms with Gasteiger partial charge in [0.05, 0.1) is 6.61 Å². The van der Waals surface area contributed by atoms with Crippen molar-refractivity contribution in [3.8, 4) is 6.01 Å². The van der Waals surface area contributed by atoms with E-state index in [0.29, 0.717) is 24.5 Å². The van der Waals surface area contributed by atoms with Crippen molar-refractivity contribution in [2.75, 3.05) is 29.9 Å². The predicted octanol–water partition coefficient (Wildman–Crippen LogP) is 2.40. The molecule has 1 aromatic carbocycles. The average Bonchev–Trinajstić information content (AvgIpc) is 2.92. The second kappa shape index (κ2) is 5.95. The van der Waals surface area contributed by atoms with Crippen LogP contribution in [0.4, 0.5) is 17.6 Å². The molecule has 0 aliphatic carbocycles. The van der Waals surface area contributed by atoms with Gasteiger partial charge >= 0.3 is 6.01 Å². The molecule has 21 heavy (non-hydrogen) atoms. The molecule has 0 fully saturated rings. The summed E-state index contributed by atoms with van der Waals surface area (Å²) in [5.41, 5.74) is 2.48. The second-order valence-corrected chi connectivity index (χ2v) is 4.74. The van der Waals surface area contributed by atoms with Gasteiger partial charge in [0.15, 0.2) is 0 Å². The third-order valence-corrected chi connectivity index (χ3v) is 3.34. The van der Waals surface area contributed by atoms with Crippen LogP contribution in [0.1, 0.15) is 19.4 Å². The van der Waals surface area contributed by atoms with E-state index < -0.39 is 0 Å². The fraction of sp³-hybridized carbons (Fsp3) is 0.400. The van der Waals surface area contributed by atoms with Crippen LogP contribution in [0, 0.1) is 0 Å². The van der Waals surface area contributed by atoms with E-state index in [1.165, 1.54) is 5.56 Å². The largest absolute Gasteiger partial charge is 0.464 e. The zero-order valence-electron chi connectivity index (χ0n) is 12.3. The lowest BCUT2D eigenvalue weighted by Gasteiger charge is -2.18. The Bertz CT molecular complexity index is 607. The highest BCUT2D eigenvalue weighted by Gasteiger charge is 2.23. The van der Waals surface area contributed by atoms with Crippen molar-refractivity contribution in [3.63, 3.8) is 0 Å². The van der Waals surface area contributed by atoms with Gasteiger partial charge in [-0.25, -0.2) is 0 Å². The van der Waals surface area contributed by atoms with Crippen LogP contribution in [0.5, 0.6) is 6.01 Å². The first-order valence-electron chi connectivity index (χ1n) is 7.30. The molecule has 6 heteroatoms. The molecule has 0 saturated carbocycles. The molecule has 3 rings (SSSR count). The molecule has 0 saturated heterocycles. The van der Waals surface area contributed by atoms with E-state index in [0.717, 1.165) is 25.2 Å². The van der Waals surface area contributed by atoms with E-state index in [1.54, 1.807) is 0 Å². The highest BCUT2D eigenvalue weighted by Crippen LogP contribution is 2.33. The summed E-state index contributed by atoms with van der Waals surface area (Å²) in [6.45, 7) is 6.09. The molecule has 1 aliphatic rings. The summed E-state index contributed by atoms with van der Waals surface area (Å²) in [5, 5.41) is 3.13. The third-order valence-electron chi connectivity index (χ3n) is 3.34. The van der Waals surface area contributed by atoms with Gasteiger partial charge < -0.3 is 15.0 Å². The number of fused-ring (bicyclic) bond motifs is 1. The standard InChI is InChI=1S/C15H19N5O/c1-3-16-13-17-14(19-15(18-13)21-4-2)20-10-9-11-7-5-6-8-12(11)20/h5-8H,3-4,9-10H2,1-2H3,(H,16,17,18,19). The Labute approximate surface area is 124 Å². The molecule has 1 aliphatic heterocycles. The van der Waals surface area contributed by atoms with E-state index in [1.807, 2.05) is 19.9 Å². The van der Waals surface area contributed by atoms with Crippen LogP contribution in [0.15, 0.2) is 24.3 Å². The molecule has 0 unspecified atom stereocenters. The van der Waals surface area contributed by atoms with E-state index in [4.69, 9.17) is 4.74 Å². The first kappa shape index (κ1) is 13.6. The van der Waals surface area contributed by atoms with Gasteiger partial charge in [0.1, 0.15) is 0 Å². The van der Waals surface area contributed by atoms with E-state index >= 15 is 0 Å². The Hall–Kier alpha value is -2.37. The van der Waals surface area contributed by atoms with Crippen molar-refractivity contribution in [1.82, 2.24) is 15.0 Å². The summed E-state index contributed by atoms with van der Waals surface area (Å²) >= 11 is 0. The normalized spacial score (nSPS) is 13.1. The zero-order valence-corrected chi connectivity index (χ0v) is 12.3. The van der Waals surface area contributed by atoms with Crippen LogP contribution in [-0.2, 0) is 6.42 Å². The Morgan fingerprint density at radius 2 is 2.05 bits per heavy atom. The van der Waals surface area contributed by atoms with E-state index in [9.17, 15) is 0 Å². The van der Waals surface area contributed by atoms with Gasteiger partial charge in [-0.1, -0.05) is 18.2 Å². The number of nitrogens with one attached hydrogen (secondary N) is 1. The fourth-order valence-corrected chi connectivity index (χ4v) is 2.44. The maximum Gasteiger partial charge on any atom is 0.323 e. The van der Waals surface area contributed by atoms with Gasteiger partial charge in [0, 0.05) is 18.8 Å². The lowest BCUT2D eigenvalue weighted by molar-refractivity contribution is 0.312. The Morgan fingerprint density at radius 3 is 2.86 bits per heavy atom. The smallest absolute Gasteiger partial charge is 0.323 e.